The molecule has 0 unspecified atom stereocenters. The van der Waals surface area contributed by atoms with Crippen LogP contribution in [-0.2, 0) is 4.74 Å². The summed E-state index contributed by atoms with van der Waals surface area (Å²) in [6.07, 6.45) is 6.28. The Morgan fingerprint density at radius 2 is 1.83 bits per heavy atom. The number of ether oxygens (including phenoxy) is 1. The van der Waals surface area contributed by atoms with Crippen molar-refractivity contribution in [1.29, 1.82) is 0 Å². The van der Waals surface area contributed by atoms with E-state index in [2.05, 4.69) is 10.2 Å². The highest BCUT2D eigenvalue weighted by molar-refractivity contribution is 5.67. The minimum Gasteiger partial charge on any atom is -0.444 e. The lowest BCUT2D eigenvalue weighted by Gasteiger charge is -2.41. The molecule has 2 aliphatic rings. The van der Waals surface area contributed by atoms with Gasteiger partial charge in [0.1, 0.15) is 11.4 Å². The Balaban J connectivity index is 1.39. The lowest BCUT2D eigenvalue weighted by atomic mass is 9.83. The first-order chi connectivity index (χ1) is 13.7. The van der Waals surface area contributed by atoms with Crippen LogP contribution in [-0.4, -0.2) is 42.3 Å². The molecule has 6 heteroatoms. The van der Waals surface area contributed by atoms with Crippen LogP contribution in [0.25, 0.3) is 0 Å². The molecule has 3 rings (SSSR count). The van der Waals surface area contributed by atoms with Crippen LogP contribution >= 0.6 is 0 Å². The predicted octanol–water partition coefficient (Wildman–Crippen LogP) is 4.67. The van der Waals surface area contributed by atoms with Gasteiger partial charge in [0.2, 0.25) is 0 Å². The van der Waals surface area contributed by atoms with E-state index in [-0.39, 0.29) is 11.9 Å². The number of carbonyl (C=O) groups is 1. The van der Waals surface area contributed by atoms with E-state index in [9.17, 15) is 9.18 Å². The van der Waals surface area contributed by atoms with Gasteiger partial charge in [-0.2, -0.15) is 0 Å². The number of nitrogens with zero attached hydrogens (tertiary/aromatic N) is 1. The first kappa shape index (κ1) is 21.9. The molecule has 0 radical (unpaired) electrons. The van der Waals surface area contributed by atoms with Gasteiger partial charge in [0, 0.05) is 18.3 Å². The van der Waals surface area contributed by atoms with Crippen LogP contribution in [0, 0.1) is 11.7 Å². The Labute approximate surface area is 174 Å². The van der Waals surface area contributed by atoms with Crippen LogP contribution in [0.3, 0.4) is 0 Å². The number of hydrogen-bond donors (Lipinski definition) is 2. The van der Waals surface area contributed by atoms with E-state index in [4.69, 9.17) is 10.5 Å². The molecule has 1 amide bonds. The van der Waals surface area contributed by atoms with Crippen molar-refractivity contribution in [3.05, 3.63) is 29.6 Å². The second-order valence-corrected chi connectivity index (χ2v) is 9.65. The van der Waals surface area contributed by atoms with Gasteiger partial charge in [-0.05, 0) is 102 Å². The van der Waals surface area contributed by atoms with Gasteiger partial charge >= 0.3 is 6.09 Å². The van der Waals surface area contributed by atoms with E-state index in [1.54, 1.807) is 6.07 Å². The van der Waals surface area contributed by atoms with Gasteiger partial charge in [0.25, 0.3) is 0 Å². The van der Waals surface area contributed by atoms with Crippen molar-refractivity contribution in [1.82, 2.24) is 10.2 Å². The van der Waals surface area contributed by atoms with Gasteiger partial charge in [0.15, 0.2) is 0 Å². The number of nitrogen functional groups attached to an aromatic ring is 1. The SMILES string of the molecule is CC(C)(C)OC(=O)NC[C@H]1CC[C@H](N2CCC(c3ccc(N)cc3F)CC2)CC1. The number of carbonyl (C=O) groups excluding carboxylic acids is 1. The molecule has 162 valence electrons. The lowest BCUT2D eigenvalue weighted by molar-refractivity contribution is 0.0506. The average molecular weight is 406 g/mol. The summed E-state index contributed by atoms with van der Waals surface area (Å²) in [5.41, 5.74) is 6.52. The smallest absolute Gasteiger partial charge is 0.407 e. The molecule has 1 aromatic rings. The fourth-order valence-electron chi connectivity index (χ4n) is 4.71. The van der Waals surface area contributed by atoms with Crippen LogP contribution in [0.1, 0.15) is 70.8 Å². The van der Waals surface area contributed by atoms with E-state index in [0.29, 0.717) is 30.1 Å². The fraction of sp³-hybridized carbons (Fsp3) is 0.696. The minimum atomic E-state index is -0.455. The maximum atomic E-state index is 14.2. The second kappa shape index (κ2) is 9.33. The standard InChI is InChI=1S/C23H36FN3O2/c1-23(2,3)29-22(28)26-15-16-4-7-19(8-5-16)27-12-10-17(11-13-27)20-9-6-18(25)14-21(20)24/h6,9,14,16-17,19H,4-5,7-8,10-13,15,25H2,1-3H3,(H,26,28)/t16-,19-. The summed E-state index contributed by atoms with van der Waals surface area (Å²) in [4.78, 5) is 14.4. The molecule has 1 aromatic carbocycles. The number of benzene rings is 1. The summed E-state index contributed by atoms with van der Waals surface area (Å²) in [6, 6.07) is 5.71. The number of anilines is 1. The third-order valence-electron chi connectivity index (χ3n) is 6.26. The van der Waals surface area contributed by atoms with Crippen LogP contribution < -0.4 is 11.1 Å². The average Bonchev–Trinajstić information content (AvgIpc) is 2.66. The van der Waals surface area contributed by atoms with Crippen molar-refractivity contribution in [2.75, 3.05) is 25.4 Å². The Hall–Kier alpha value is -1.82. The van der Waals surface area contributed by atoms with E-state index >= 15 is 0 Å². The number of amides is 1. The monoisotopic (exact) mass is 405 g/mol. The summed E-state index contributed by atoms with van der Waals surface area (Å²) in [6.45, 7) is 8.38. The van der Waals surface area contributed by atoms with Gasteiger partial charge in [-0.15, -0.1) is 0 Å². The second-order valence-electron chi connectivity index (χ2n) is 9.65. The third-order valence-corrected chi connectivity index (χ3v) is 6.26. The lowest BCUT2D eigenvalue weighted by Crippen LogP contribution is -2.44. The van der Waals surface area contributed by atoms with Gasteiger partial charge in [0.05, 0.1) is 0 Å². The molecule has 1 aliphatic carbocycles. The number of nitrogens with two attached hydrogens (primary N) is 1. The molecule has 1 aliphatic heterocycles. The highest BCUT2D eigenvalue weighted by Gasteiger charge is 2.30. The molecule has 0 atom stereocenters. The van der Waals surface area contributed by atoms with E-state index in [0.717, 1.165) is 44.3 Å². The summed E-state index contributed by atoms with van der Waals surface area (Å²) in [7, 11) is 0. The molecule has 0 aromatic heterocycles. The molecular weight excluding hydrogens is 369 g/mol. The third kappa shape index (κ3) is 6.33. The zero-order chi connectivity index (χ0) is 21.0. The maximum Gasteiger partial charge on any atom is 0.407 e. The summed E-state index contributed by atoms with van der Waals surface area (Å²) in [5, 5.41) is 2.92. The van der Waals surface area contributed by atoms with Crippen molar-refractivity contribution in [2.24, 2.45) is 5.92 Å². The van der Waals surface area contributed by atoms with Crippen molar-refractivity contribution in [2.45, 2.75) is 76.9 Å². The zero-order valence-electron chi connectivity index (χ0n) is 18.0. The van der Waals surface area contributed by atoms with Crippen LogP contribution in [0.4, 0.5) is 14.9 Å². The molecule has 1 heterocycles. The van der Waals surface area contributed by atoms with Crippen molar-refractivity contribution in [3.8, 4) is 0 Å². The molecule has 1 saturated heterocycles. The zero-order valence-corrected chi connectivity index (χ0v) is 18.0. The number of hydrogen-bond acceptors (Lipinski definition) is 4. The first-order valence-corrected chi connectivity index (χ1v) is 11.0. The largest absolute Gasteiger partial charge is 0.444 e. The number of piperidine rings is 1. The van der Waals surface area contributed by atoms with Crippen molar-refractivity contribution in [3.63, 3.8) is 0 Å². The van der Waals surface area contributed by atoms with Crippen LogP contribution in [0.15, 0.2) is 18.2 Å². The van der Waals surface area contributed by atoms with E-state index in [1.165, 1.54) is 18.9 Å². The number of alkyl carbamates (subject to hydrolysis) is 1. The van der Waals surface area contributed by atoms with Crippen LogP contribution in [0.5, 0.6) is 0 Å². The Morgan fingerprint density at radius 1 is 1.17 bits per heavy atom. The van der Waals surface area contributed by atoms with Gasteiger partial charge in [-0.3, -0.25) is 0 Å². The summed E-state index contributed by atoms with van der Waals surface area (Å²) < 4.78 is 19.5. The molecule has 2 fully saturated rings. The van der Waals surface area contributed by atoms with Gasteiger partial charge in [-0.1, -0.05) is 6.07 Å². The maximum absolute atomic E-state index is 14.2. The van der Waals surface area contributed by atoms with E-state index in [1.807, 2.05) is 26.8 Å². The quantitative estimate of drug-likeness (QED) is 0.714. The molecule has 1 saturated carbocycles. The Kier molecular flexibility index (Phi) is 7.04. The van der Waals surface area contributed by atoms with Crippen molar-refractivity contribution < 1.29 is 13.9 Å². The predicted molar refractivity (Wildman–Crippen MR) is 114 cm³/mol. The van der Waals surface area contributed by atoms with Gasteiger partial charge < -0.3 is 20.7 Å². The number of likely N-dealkylation sites (tertiary alicyclic amines) is 1. The highest BCUT2D eigenvalue weighted by atomic mass is 19.1. The Morgan fingerprint density at radius 3 is 2.41 bits per heavy atom. The first-order valence-electron chi connectivity index (χ1n) is 11.0. The molecule has 3 N–H and O–H groups in total. The molecule has 29 heavy (non-hydrogen) atoms. The van der Waals surface area contributed by atoms with Crippen molar-refractivity contribution >= 4 is 11.8 Å². The van der Waals surface area contributed by atoms with Crippen LogP contribution in [0.2, 0.25) is 0 Å². The number of rotatable bonds is 4. The number of nitrogens with one attached hydrogen (secondary N) is 1. The highest BCUT2D eigenvalue weighted by Crippen LogP contribution is 2.34. The van der Waals surface area contributed by atoms with Gasteiger partial charge in [-0.25, -0.2) is 9.18 Å². The minimum absolute atomic E-state index is 0.165. The molecule has 0 bridgehead atoms. The number of halogens is 1. The fourth-order valence-corrected chi connectivity index (χ4v) is 4.71. The molecule has 5 nitrogen and oxygen atoms in total. The topological polar surface area (TPSA) is 67.6 Å². The Bertz CT molecular complexity index is 688. The summed E-state index contributed by atoms with van der Waals surface area (Å²) in [5.74, 6) is 0.655. The normalized spacial score (nSPS) is 24.3. The summed E-state index contributed by atoms with van der Waals surface area (Å²) >= 11 is 0. The van der Waals surface area contributed by atoms with E-state index < -0.39 is 5.60 Å². The molecular formula is C23H36FN3O2. The molecule has 0 spiro atoms.